The minimum atomic E-state index is -4.99. The van der Waals surface area contributed by atoms with Crippen molar-refractivity contribution in [3.8, 4) is 5.75 Å². The fourth-order valence-electron chi connectivity index (χ4n) is 4.95. The summed E-state index contributed by atoms with van der Waals surface area (Å²) in [5, 5.41) is 6.05. The first-order valence-electron chi connectivity index (χ1n) is 12.0. The van der Waals surface area contributed by atoms with Crippen LogP contribution in [0.15, 0.2) is 53.4 Å². The van der Waals surface area contributed by atoms with Crippen LogP contribution in [0, 0.1) is 11.7 Å². The van der Waals surface area contributed by atoms with E-state index in [-0.39, 0.29) is 11.5 Å². The monoisotopic (exact) mass is 648 g/mol. The molecule has 0 spiro atoms. The maximum absolute atomic E-state index is 15.1. The number of benzene rings is 1. The van der Waals surface area contributed by atoms with Gasteiger partial charge in [-0.05, 0) is 52.9 Å². The van der Waals surface area contributed by atoms with Crippen LogP contribution in [0.4, 0.5) is 32.7 Å². The van der Waals surface area contributed by atoms with Crippen molar-refractivity contribution < 1.29 is 31.5 Å². The molecule has 0 saturated heterocycles. The zero-order valence-corrected chi connectivity index (χ0v) is 22.9. The van der Waals surface area contributed by atoms with E-state index in [4.69, 9.17) is 17.3 Å². The van der Waals surface area contributed by atoms with Crippen molar-refractivity contribution >= 4 is 39.5 Å². The van der Waals surface area contributed by atoms with E-state index >= 15 is 4.39 Å². The summed E-state index contributed by atoms with van der Waals surface area (Å²) >= 11 is 9.29. The fraction of sp³-hybridized carbons (Fsp3) is 0.360. The van der Waals surface area contributed by atoms with Gasteiger partial charge in [0.15, 0.2) is 11.6 Å². The number of hydrogen-bond donors (Lipinski definition) is 3. The van der Waals surface area contributed by atoms with E-state index < -0.39 is 54.1 Å². The van der Waals surface area contributed by atoms with Crippen molar-refractivity contribution in [1.82, 2.24) is 20.3 Å². The molecule has 2 aromatic heterocycles. The third-order valence-corrected chi connectivity index (χ3v) is 7.17. The zero-order valence-electron chi connectivity index (χ0n) is 20.5. The Morgan fingerprint density at radius 1 is 1.12 bits per heavy atom. The largest absolute Gasteiger partial charge is 0.461 e. The van der Waals surface area contributed by atoms with Crippen LogP contribution >= 0.6 is 27.5 Å². The molecule has 15 heteroatoms. The van der Waals surface area contributed by atoms with Gasteiger partial charge < -0.3 is 21.1 Å². The number of nitrogens with two attached hydrogens (primary N) is 1. The van der Waals surface area contributed by atoms with Crippen LogP contribution in [0.25, 0.3) is 0 Å². The standard InChI is InChI=1S/C25H23BrClF5N6O2/c26-12-9-35-24(36-10-12)38-20(15-4-1-5-16(28)21(15)40-25(31,32)22(29)30)19(18-8-7-13(27)11-34-18)14-3-2-6-17(14)37-23(33)39/h1,4-5,7-11,14,17,19-20,22H,2-3,6H2,(H3,33,37,39)(H,35,36,38). The molecule has 3 aromatic rings. The number of hydrogen-bond acceptors (Lipinski definition) is 6. The van der Waals surface area contributed by atoms with Gasteiger partial charge in [-0.2, -0.15) is 17.6 Å². The highest BCUT2D eigenvalue weighted by molar-refractivity contribution is 9.10. The van der Waals surface area contributed by atoms with Gasteiger partial charge in [0.05, 0.1) is 15.5 Å². The number of primary amides is 1. The molecule has 4 unspecified atom stereocenters. The number of nitrogens with zero attached hydrogens (tertiary/aromatic N) is 3. The Hall–Kier alpha value is -3.26. The number of halogens is 7. The zero-order chi connectivity index (χ0) is 29.0. The van der Waals surface area contributed by atoms with Gasteiger partial charge in [-0.25, -0.2) is 19.2 Å². The second-order valence-electron chi connectivity index (χ2n) is 9.11. The van der Waals surface area contributed by atoms with Crippen LogP contribution in [0.5, 0.6) is 5.75 Å². The van der Waals surface area contributed by atoms with Crippen LogP contribution in [0.2, 0.25) is 5.02 Å². The summed E-state index contributed by atoms with van der Waals surface area (Å²) in [4.78, 5) is 24.6. The first-order chi connectivity index (χ1) is 19.0. The van der Waals surface area contributed by atoms with Crippen LogP contribution < -0.4 is 21.1 Å². The van der Waals surface area contributed by atoms with E-state index in [0.29, 0.717) is 34.5 Å². The molecule has 0 radical (unpaired) electrons. The third-order valence-electron chi connectivity index (χ3n) is 6.54. The Labute approximate surface area is 239 Å². The van der Waals surface area contributed by atoms with Crippen LogP contribution in [-0.2, 0) is 0 Å². The van der Waals surface area contributed by atoms with Gasteiger partial charge in [0.25, 0.3) is 0 Å². The predicted octanol–water partition coefficient (Wildman–Crippen LogP) is 6.44. The van der Waals surface area contributed by atoms with Crippen molar-refractivity contribution in [1.29, 1.82) is 0 Å². The van der Waals surface area contributed by atoms with Crippen molar-refractivity contribution in [3.63, 3.8) is 0 Å². The summed E-state index contributed by atoms with van der Waals surface area (Å²) in [6, 6.07) is 4.05. The van der Waals surface area contributed by atoms with E-state index in [0.717, 1.165) is 6.07 Å². The molecule has 2 amide bonds. The van der Waals surface area contributed by atoms with Crippen LogP contribution in [-0.4, -0.2) is 39.6 Å². The highest BCUT2D eigenvalue weighted by atomic mass is 79.9. The molecule has 1 saturated carbocycles. The molecule has 8 nitrogen and oxygen atoms in total. The fourth-order valence-corrected chi connectivity index (χ4v) is 5.26. The first-order valence-corrected chi connectivity index (χ1v) is 13.2. The van der Waals surface area contributed by atoms with Gasteiger partial charge in [-0.15, -0.1) is 0 Å². The lowest BCUT2D eigenvalue weighted by molar-refractivity contribution is -0.254. The maximum Gasteiger partial charge on any atom is 0.461 e. The summed E-state index contributed by atoms with van der Waals surface area (Å²) in [6.07, 6.45) is -3.28. The quantitative estimate of drug-likeness (QED) is 0.218. The molecular weight excluding hydrogens is 627 g/mol. The summed E-state index contributed by atoms with van der Waals surface area (Å²) in [5.74, 6) is -3.59. The second-order valence-corrected chi connectivity index (χ2v) is 10.5. The van der Waals surface area contributed by atoms with Gasteiger partial charge >= 0.3 is 18.6 Å². The smallest absolute Gasteiger partial charge is 0.425 e. The predicted molar refractivity (Wildman–Crippen MR) is 140 cm³/mol. The molecule has 0 aliphatic heterocycles. The summed E-state index contributed by atoms with van der Waals surface area (Å²) in [6.45, 7) is 0. The van der Waals surface area contributed by atoms with E-state index in [1.54, 1.807) is 12.1 Å². The number of carbonyl (C=O) groups is 1. The number of ether oxygens (including phenoxy) is 1. The molecule has 2 heterocycles. The molecule has 40 heavy (non-hydrogen) atoms. The first kappa shape index (κ1) is 29.7. The van der Waals surface area contributed by atoms with Gasteiger partial charge in [-0.1, -0.05) is 30.2 Å². The summed E-state index contributed by atoms with van der Waals surface area (Å²) < 4.78 is 74.4. The van der Waals surface area contributed by atoms with E-state index in [2.05, 4.69) is 46.3 Å². The van der Waals surface area contributed by atoms with Gasteiger partial charge in [0.1, 0.15) is 0 Å². The lowest BCUT2D eigenvalue weighted by Crippen LogP contribution is -2.44. The van der Waals surface area contributed by atoms with E-state index in [1.165, 1.54) is 30.7 Å². The van der Waals surface area contributed by atoms with Crippen LogP contribution in [0.3, 0.4) is 0 Å². The number of nitrogens with one attached hydrogen (secondary N) is 2. The van der Waals surface area contributed by atoms with Gasteiger partial charge in [-0.3, -0.25) is 4.98 Å². The topological polar surface area (TPSA) is 115 Å². The molecule has 1 aliphatic rings. The number of aromatic nitrogens is 3. The molecule has 1 aliphatic carbocycles. The average molecular weight is 650 g/mol. The van der Waals surface area contributed by atoms with Crippen molar-refractivity contribution in [2.75, 3.05) is 5.32 Å². The number of pyridine rings is 1. The number of para-hydroxylation sites is 1. The number of urea groups is 1. The number of anilines is 1. The third kappa shape index (κ3) is 6.89. The van der Waals surface area contributed by atoms with E-state index in [9.17, 15) is 22.4 Å². The minimum Gasteiger partial charge on any atom is -0.425 e. The van der Waals surface area contributed by atoms with Crippen molar-refractivity contribution in [3.05, 3.63) is 75.5 Å². The molecule has 0 bridgehead atoms. The Kier molecular flexibility index (Phi) is 9.29. The van der Waals surface area contributed by atoms with Gasteiger partial charge in [0, 0.05) is 41.8 Å². The number of amides is 2. The van der Waals surface area contributed by atoms with Crippen molar-refractivity contribution in [2.45, 2.75) is 49.8 Å². The lowest BCUT2D eigenvalue weighted by atomic mass is 9.77. The molecule has 214 valence electrons. The highest BCUT2D eigenvalue weighted by Crippen LogP contribution is 2.48. The van der Waals surface area contributed by atoms with E-state index in [1.807, 2.05) is 0 Å². The minimum absolute atomic E-state index is 0.0143. The second kappa shape index (κ2) is 12.5. The van der Waals surface area contributed by atoms with Crippen molar-refractivity contribution in [2.24, 2.45) is 11.7 Å². The number of carbonyl (C=O) groups excluding carboxylic acids is 1. The highest BCUT2D eigenvalue weighted by Gasteiger charge is 2.47. The number of rotatable bonds is 10. The SMILES string of the molecule is NC(=O)NC1CCCC1C(c1ccc(Cl)cn1)C(Nc1ncc(Br)cn1)c1cccc(F)c1OC(F)(F)C(F)F. The lowest BCUT2D eigenvalue weighted by Gasteiger charge is -2.36. The average Bonchev–Trinajstić information content (AvgIpc) is 3.34. The summed E-state index contributed by atoms with van der Waals surface area (Å²) in [5.41, 5.74) is 5.58. The van der Waals surface area contributed by atoms with Gasteiger partial charge in [0.2, 0.25) is 5.95 Å². The summed E-state index contributed by atoms with van der Waals surface area (Å²) in [7, 11) is 0. The number of alkyl halides is 4. The molecule has 1 aromatic carbocycles. The molecular formula is C25H23BrClF5N6O2. The maximum atomic E-state index is 15.1. The molecule has 1 fully saturated rings. The molecule has 4 N–H and O–H groups in total. The van der Waals surface area contributed by atoms with Crippen LogP contribution in [0.1, 0.15) is 42.5 Å². The Morgan fingerprint density at radius 2 is 1.85 bits per heavy atom. The Balaban J connectivity index is 1.92. The Bertz CT molecular complexity index is 1320. The molecule has 4 atom stereocenters. The molecule has 4 rings (SSSR count). The Morgan fingerprint density at radius 3 is 2.48 bits per heavy atom. The normalized spacial score (nSPS) is 18.8.